The van der Waals surface area contributed by atoms with Gasteiger partial charge in [-0.3, -0.25) is 9.78 Å². The molecule has 0 aromatic carbocycles. The van der Waals surface area contributed by atoms with Crippen molar-refractivity contribution in [1.82, 2.24) is 14.9 Å². The second-order valence-corrected chi connectivity index (χ2v) is 4.79. The molecule has 3 heterocycles. The first-order valence-electron chi connectivity index (χ1n) is 6.27. The molecule has 20 heavy (non-hydrogen) atoms. The smallest absolute Gasteiger partial charge is 0.404 e. The molecule has 0 radical (unpaired) electrons. The number of imide groups is 1. The van der Waals surface area contributed by atoms with Crippen molar-refractivity contribution < 1.29 is 14.3 Å². The third-order valence-corrected chi connectivity index (χ3v) is 3.09. The third kappa shape index (κ3) is 1.85. The fourth-order valence-corrected chi connectivity index (χ4v) is 2.15. The maximum atomic E-state index is 12.1. The number of hydrogen-bond acceptors (Lipinski definition) is 4. The van der Waals surface area contributed by atoms with E-state index in [4.69, 9.17) is 4.74 Å². The number of ether oxygens (including phenoxy) is 1. The minimum absolute atomic E-state index is 0.0234. The van der Waals surface area contributed by atoms with Crippen LogP contribution in [-0.4, -0.2) is 32.9 Å². The van der Waals surface area contributed by atoms with Crippen LogP contribution < -0.4 is 0 Å². The Hall–Kier alpha value is -2.63. The van der Waals surface area contributed by atoms with Crippen LogP contribution in [0.5, 0.6) is 0 Å². The van der Waals surface area contributed by atoms with E-state index in [2.05, 4.69) is 9.97 Å². The Labute approximate surface area is 115 Å². The summed E-state index contributed by atoms with van der Waals surface area (Å²) < 4.78 is 5.03. The highest BCUT2D eigenvalue weighted by molar-refractivity contribution is 6.10. The highest BCUT2D eigenvalue weighted by atomic mass is 16.6. The van der Waals surface area contributed by atoms with Crippen molar-refractivity contribution in [1.29, 1.82) is 0 Å². The number of H-pyrrole nitrogens is 1. The molecule has 1 saturated heterocycles. The normalized spacial score (nSPS) is 17.6. The highest BCUT2D eigenvalue weighted by Gasteiger charge is 2.38. The maximum Gasteiger partial charge on any atom is 0.422 e. The molecule has 2 aromatic rings. The Morgan fingerprint density at radius 3 is 2.90 bits per heavy atom. The number of rotatable bonds is 2. The maximum absolute atomic E-state index is 12.1. The minimum atomic E-state index is -0.635. The standard InChI is InChI=1S/C14H13N3O3/c1-8(2)17-13(18)11(20-14(17)19)6-9-7-16-10-4-3-5-15-12(9)10/h3-8,16H,1-2H3/b11-6-. The van der Waals surface area contributed by atoms with Gasteiger partial charge in [-0.25, -0.2) is 9.69 Å². The predicted octanol–water partition coefficient (Wildman–Crippen LogP) is 2.29. The molecule has 2 amide bonds. The van der Waals surface area contributed by atoms with Gasteiger partial charge >= 0.3 is 6.09 Å². The largest absolute Gasteiger partial charge is 0.422 e. The minimum Gasteiger partial charge on any atom is -0.404 e. The molecule has 102 valence electrons. The van der Waals surface area contributed by atoms with E-state index >= 15 is 0 Å². The van der Waals surface area contributed by atoms with Gasteiger partial charge in [-0.15, -0.1) is 0 Å². The number of nitrogens with zero attached hydrogens (tertiary/aromatic N) is 2. The van der Waals surface area contributed by atoms with Gasteiger partial charge in [0.2, 0.25) is 0 Å². The van der Waals surface area contributed by atoms with Crippen molar-refractivity contribution in [3.63, 3.8) is 0 Å². The molecule has 1 aliphatic rings. The molecule has 3 rings (SSSR count). The molecule has 6 nitrogen and oxygen atoms in total. The summed E-state index contributed by atoms with van der Waals surface area (Å²) in [6.45, 7) is 3.52. The summed E-state index contributed by atoms with van der Waals surface area (Å²) in [7, 11) is 0. The molecule has 6 heteroatoms. The summed E-state index contributed by atoms with van der Waals surface area (Å²) in [5.41, 5.74) is 2.30. The zero-order valence-corrected chi connectivity index (χ0v) is 11.1. The second kappa shape index (κ2) is 4.48. The van der Waals surface area contributed by atoms with E-state index in [0.29, 0.717) is 5.56 Å². The summed E-state index contributed by atoms with van der Waals surface area (Å²) >= 11 is 0. The molecule has 1 N–H and O–H groups in total. The van der Waals surface area contributed by atoms with Crippen LogP contribution in [0.3, 0.4) is 0 Å². The van der Waals surface area contributed by atoms with Crippen LogP contribution in [0.15, 0.2) is 30.3 Å². The van der Waals surface area contributed by atoms with Gasteiger partial charge in [0.25, 0.3) is 5.91 Å². The third-order valence-electron chi connectivity index (χ3n) is 3.09. The van der Waals surface area contributed by atoms with Gasteiger partial charge < -0.3 is 9.72 Å². The number of hydrogen-bond donors (Lipinski definition) is 1. The van der Waals surface area contributed by atoms with E-state index in [1.165, 1.54) is 6.08 Å². The zero-order valence-electron chi connectivity index (χ0n) is 11.1. The summed E-state index contributed by atoms with van der Waals surface area (Å²) in [6, 6.07) is 3.46. The number of carbonyl (C=O) groups excluding carboxylic acids is 2. The van der Waals surface area contributed by atoms with E-state index in [9.17, 15) is 9.59 Å². The number of pyridine rings is 1. The first-order valence-corrected chi connectivity index (χ1v) is 6.27. The number of fused-ring (bicyclic) bond motifs is 1. The average molecular weight is 271 g/mol. The van der Waals surface area contributed by atoms with Crippen LogP contribution >= 0.6 is 0 Å². The molecule has 0 unspecified atom stereocenters. The molecule has 2 aromatic heterocycles. The number of amides is 2. The van der Waals surface area contributed by atoms with E-state index in [0.717, 1.165) is 15.9 Å². The molecule has 1 aliphatic heterocycles. The summed E-state index contributed by atoms with van der Waals surface area (Å²) in [6.07, 6.45) is 4.29. The van der Waals surface area contributed by atoms with Crippen molar-refractivity contribution in [3.05, 3.63) is 35.8 Å². The Balaban J connectivity index is 2.01. The molecular formula is C14H13N3O3. The molecule has 0 saturated carbocycles. The zero-order chi connectivity index (χ0) is 14.3. The fourth-order valence-electron chi connectivity index (χ4n) is 2.15. The molecule has 0 spiro atoms. The van der Waals surface area contributed by atoms with Crippen molar-refractivity contribution in [3.8, 4) is 0 Å². The van der Waals surface area contributed by atoms with Crippen LogP contribution in [0.25, 0.3) is 17.1 Å². The molecule has 0 aliphatic carbocycles. The van der Waals surface area contributed by atoms with Gasteiger partial charge in [-0.05, 0) is 32.1 Å². The summed E-state index contributed by atoms with van der Waals surface area (Å²) in [4.78, 5) is 32.1. The lowest BCUT2D eigenvalue weighted by Crippen LogP contribution is -2.35. The fraction of sp³-hybridized carbons (Fsp3) is 0.214. The topological polar surface area (TPSA) is 75.3 Å². The van der Waals surface area contributed by atoms with E-state index in [1.807, 2.05) is 12.1 Å². The number of aromatic nitrogens is 2. The van der Waals surface area contributed by atoms with E-state index < -0.39 is 12.0 Å². The Morgan fingerprint density at radius 1 is 1.40 bits per heavy atom. The lowest BCUT2D eigenvalue weighted by molar-refractivity contribution is -0.124. The number of aromatic amines is 1. The number of nitrogens with one attached hydrogen (secondary N) is 1. The van der Waals surface area contributed by atoms with Crippen LogP contribution in [0.4, 0.5) is 4.79 Å². The van der Waals surface area contributed by atoms with Gasteiger partial charge in [0.05, 0.1) is 11.0 Å². The van der Waals surface area contributed by atoms with Crippen molar-refractivity contribution in [2.45, 2.75) is 19.9 Å². The predicted molar refractivity (Wildman–Crippen MR) is 72.5 cm³/mol. The van der Waals surface area contributed by atoms with Gasteiger partial charge in [-0.2, -0.15) is 0 Å². The number of cyclic esters (lactones) is 1. The number of carbonyl (C=O) groups is 2. The first kappa shape index (κ1) is 12.4. The van der Waals surface area contributed by atoms with E-state index in [-0.39, 0.29) is 11.8 Å². The summed E-state index contributed by atoms with van der Waals surface area (Å²) in [5, 5.41) is 0. The van der Waals surface area contributed by atoms with Crippen LogP contribution in [0.2, 0.25) is 0 Å². The van der Waals surface area contributed by atoms with Gasteiger partial charge in [0, 0.05) is 24.0 Å². The molecular weight excluding hydrogens is 258 g/mol. The van der Waals surface area contributed by atoms with Crippen molar-refractivity contribution in [2.75, 3.05) is 0 Å². The van der Waals surface area contributed by atoms with Gasteiger partial charge in [0.1, 0.15) is 0 Å². The Kier molecular flexibility index (Phi) is 2.78. The quantitative estimate of drug-likeness (QED) is 0.850. The molecule has 0 atom stereocenters. The highest BCUT2D eigenvalue weighted by Crippen LogP contribution is 2.24. The van der Waals surface area contributed by atoms with Gasteiger partial charge in [0.15, 0.2) is 5.76 Å². The second-order valence-electron chi connectivity index (χ2n) is 4.79. The van der Waals surface area contributed by atoms with Gasteiger partial charge in [-0.1, -0.05) is 0 Å². The summed E-state index contributed by atoms with van der Waals surface area (Å²) in [5.74, 6) is -0.398. The molecule has 1 fully saturated rings. The van der Waals surface area contributed by atoms with Crippen molar-refractivity contribution >= 4 is 29.1 Å². The average Bonchev–Trinajstić information content (AvgIpc) is 2.93. The van der Waals surface area contributed by atoms with Crippen LogP contribution in [0.1, 0.15) is 19.4 Å². The van der Waals surface area contributed by atoms with Crippen molar-refractivity contribution in [2.24, 2.45) is 0 Å². The van der Waals surface area contributed by atoms with Crippen LogP contribution in [-0.2, 0) is 9.53 Å². The SMILES string of the molecule is CC(C)N1C(=O)O/C(=C\c2c[nH]c3cccnc23)C1=O. The first-order chi connectivity index (χ1) is 9.58. The molecule has 0 bridgehead atoms. The van der Waals surface area contributed by atoms with Crippen LogP contribution in [0, 0.1) is 0 Å². The Morgan fingerprint density at radius 2 is 2.20 bits per heavy atom. The lowest BCUT2D eigenvalue weighted by atomic mass is 10.2. The Bertz CT molecular complexity index is 730. The monoisotopic (exact) mass is 271 g/mol. The lowest BCUT2D eigenvalue weighted by Gasteiger charge is -2.13. The van der Waals surface area contributed by atoms with E-state index in [1.54, 1.807) is 26.2 Å².